The Balaban J connectivity index is 1.69. The summed E-state index contributed by atoms with van der Waals surface area (Å²) < 4.78 is 6.55. The number of benzene rings is 1. The lowest BCUT2D eigenvalue weighted by atomic mass is 10.1. The third-order valence-corrected chi connectivity index (χ3v) is 4.43. The van der Waals surface area contributed by atoms with Gasteiger partial charge in [0.25, 0.3) is 5.56 Å². The first-order chi connectivity index (χ1) is 12.0. The third kappa shape index (κ3) is 4.51. The second-order valence-corrected chi connectivity index (χ2v) is 7.24. The summed E-state index contributed by atoms with van der Waals surface area (Å²) in [5.74, 6) is 0.104. The Morgan fingerprint density at radius 1 is 1.28 bits per heavy atom. The van der Waals surface area contributed by atoms with Crippen LogP contribution in [0.4, 0.5) is 0 Å². The molecule has 7 heteroatoms. The van der Waals surface area contributed by atoms with Crippen molar-refractivity contribution in [1.82, 2.24) is 14.6 Å². The largest absolute Gasteiger partial charge is 0.459 e. The lowest BCUT2D eigenvalue weighted by Crippen LogP contribution is -2.17. The number of hydrogen-bond donors (Lipinski definition) is 0. The Morgan fingerprint density at radius 3 is 2.76 bits per heavy atom. The van der Waals surface area contributed by atoms with E-state index < -0.39 is 0 Å². The molecule has 2 heterocycles. The van der Waals surface area contributed by atoms with E-state index in [0.29, 0.717) is 16.6 Å². The van der Waals surface area contributed by atoms with Gasteiger partial charge in [-0.3, -0.25) is 9.59 Å². The van der Waals surface area contributed by atoms with Crippen LogP contribution >= 0.6 is 11.3 Å². The van der Waals surface area contributed by atoms with Crippen molar-refractivity contribution in [2.24, 2.45) is 5.92 Å². The molecule has 0 fully saturated rings. The number of aromatic nitrogens is 3. The van der Waals surface area contributed by atoms with Crippen molar-refractivity contribution in [3.05, 3.63) is 63.0 Å². The van der Waals surface area contributed by atoms with Crippen molar-refractivity contribution >= 4 is 22.3 Å². The van der Waals surface area contributed by atoms with Crippen molar-refractivity contribution in [2.75, 3.05) is 0 Å². The summed E-state index contributed by atoms with van der Waals surface area (Å²) in [5.41, 5.74) is 1.06. The molecular formula is C18H19N3O3S. The molecule has 0 N–H and O–H groups in total. The molecule has 3 aromatic rings. The molecule has 0 saturated heterocycles. The number of hydrogen-bond acceptors (Lipinski definition) is 6. The fourth-order valence-electron chi connectivity index (χ4n) is 2.37. The fourth-order valence-corrected chi connectivity index (χ4v) is 3.50. The summed E-state index contributed by atoms with van der Waals surface area (Å²) in [4.78, 5) is 29.0. The van der Waals surface area contributed by atoms with Gasteiger partial charge in [0, 0.05) is 12.5 Å². The molecule has 0 unspecified atom stereocenters. The van der Waals surface area contributed by atoms with E-state index in [2.05, 4.69) is 23.9 Å². The van der Waals surface area contributed by atoms with Crippen molar-refractivity contribution in [2.45, 2.75) is 33.3 Å². The monoisotopic (exact) mass is 357 g/mol. The van der Waals surface area contributed by atoms with Crippen LogP contribution in [0.1, 0.15) is 30.1 Å². The van der Waals surface area contributed by atoms with E-state index in [-0.39, 0.29) is 24.6 Å². The maximum atomic E-state index is 12.2. The maximum absolute atomic E-state index is 12.2. The van der Waals surface area contributed by atoms with E-state index in [1.54, 1.807) is 0 Å². The van der Waals surface area contributed by atoms with Gasteiger partial charge in [-0.25, -0.2) is 4.98 Å². The van der Waals surface area contributed by atoms with Crippen LogP contribution in [0.25, 0.3) is 4.96 Å². The van der Waals surface area contributed by atoms with E-state index in [0.717, 1.165) is 17.0 Å². The third-order valence-electron chi connectivity index (χ3n) is 3.50. The first kappa shape index (κ1) is 17.3. The van der Waals surface area contributed by atoms with Crippen molar-refractivity contribution < 1.29 is 9.53 Å². The van der Waals surface area contributed by atoms with Crippen LogP contribution in [0.2, 0.25) is 0 Å². The normalized spacial score (nSPS) is 11.2. The number of carbonyl (C=O) groups is 1. The van der Waals surface area contributed by atoms with Gasteiger partial charge in [-0.15, -0.1) is 0 Å². The number of fused-ring (bicyclic) bond motifs is 1. The lowest BCUT2D eigenvalue weighted by molar-refractivity contribution is -0.144. The van der Waals surface area contributed by atoms with Gasteiger partial charge < -0.3 is 4.74 Å². The van der Waals surface area contributed by atoms with Gasteiger partial charge in [0.05, 0.1) is 12.1 Å². The van der Waals surface area contributed by atoms with Crippen LogP contribution in [-0.4, -0.2) is 20.6 Å². The average molecular weight is 357 g/mol. The van der Waals surface area contributed by atoms with Crippen molar-refractivity contribution in [1.29, 1.82) is 0 Å². The molecule has 25 heavy (non-hydrogen) atoms. The highest BCUT2D eigenvalue weighted by molar-refractivity contribution is 7.16. The van der Waals surface area contributed by atoms with Crippen LogP contribution in [0.3, 0.4) is 0 Å². The molecule has 0 aliphatic rings. The highest BCUT2D eigenvalue weighted by Gasteiger charge is 2.12. The summed E-state index contributed by atoms with van der Waals surface area (Å²) in [6.07, 6.45) is 0.996. The first-order valence-corrected chi connectivity index (χ1v) is 8.91. The molecule has 0 aliphatic carbocycles. The zero-order valence-corrected chi connectivity index (χ0v) is 15.0. The SMILES string of the molecule is CC(C)Cc1nn2c(=O)cc(COC(=O)Cc3ccccc3)nc2s1. The second-order valence-electron chi connectivity index (χ2n) is 6.20. The van der Waals surface area contributed by atoms with Crippen LogP contribution in [0.5, 0.6) is 0 Å². The minimum atomic E-state index is -0.349. The van der Waals surface area contributed by atoms with Gasteiger partial charge in [0.1, 0.15) is 11.6 Å². The zero-order valence-electron chi connectivity index (χ0n) is 14.1. The molecule has 130 valence electrons. The molecule has 3 rings (SSSR count). The summed E-state index contributed by atoms with van der Waals surface area (Å²) in [5, 5.41) is 5.17. The predicted octanol–water partition coefficient (Wildman–Crippen LogP) is 2.64. The van der Waals surface area contributed by atoms with Crippen LogP contribution in [0.15, 0.2) is 41.2 Å². The number of ether oxygens (including phenoxy) is 1. The topological polar surface area (TPSA) is 73.6 Å². The Hall–Kier alpha value is -2.54. The fraction of sp³-hybridized carbons (Fsp3) is 0.333. The molecule has 0 spiro atoms. The van der Waals surface area contributed by atoms with Crippen molar-refractivity contribution in [3.63, 3.8) is 0 Å². The molecule has 0 aliphatic heterocycles. The molecule has 2 aromatic heterocycles. The van der Waals surface area contributed by atoms with Gasteiger partial charge >= 0.3 is 5.97 Å². The van der Waals surface area contributed by atoms with E-state index in [1.807, 2.05) is 30.3 Å². The number of nitrogens with zero attached hydrogens (tertiary/aromatic N) is 3. The zero-order chi connectivity index (χ0) is 17.8. The highest BCUT2D eigenvalue weighted by Crippen LogP contribution is 2.15. The second kappa shape index (κ2) is 7.57. The quantitative estimate of drug-likeness (QED) is 0.634. The van der Waals surface area contributed by atoms with Gasteiger partial charge in [0.15, 0.2) is 0 Å². The highest BCUT2D eigenvalue weighted by atomic mass is 32.1. The summed E-state index contributed by atoms with van der Waals surface area (Å²) >= 11 is 1.39. The maximum Gasteiger partial charge on any atom is 0.310 e. The minimum Gasteiger partial charge on any atom is -0.459 e. The first-order valence-electron chi connectivity index (χ1n) is 8.09. The Kier molecular flexibility index (Phi) is 5.23. The van der Waals surface area contributed by atoms with Crippen LogP contribution < -0.4 is 5.56 Å². The lowest BCUT2D eigenvalue weighted by Gasteiger charge is -2.04. The van der Waals surface area contributed by atoms with Gasteiger partial charge in [-0.2, -0.15) is 9.61 Å². The molecule has 1 aromatic carbocycles. The molecule has 0 amide bonds. The number of rotatable bonds is 6. The summed E-state index contributed by atoms with van der Waals surface area (Å²) in [6.45, 7) is 4.18. The van der Waals surface area contributed by atoms with Gasteiger partial charge in [-0.05, 0) is 11.5 Å². The molecular weight excluding hydrogens is 338 g/mol. The standard InChI is InChI=1S/C18H19N3O3S/c1-12(2)8-15-20-21-16(22)10-14(19-18(21)25-15)11-24-17(23)9-13-6-4-3-5-7-13/h3-7,10,12H,8-9,11H2,1-2H3. The number of esters is 1. The summed E-state index contributed by atoms with van der Waals surface area (Å²) in [7, 11) is 0. The van der Waals surface area contributed by atoms with E-state index in [9.17, 15) is 9.59 Å². The summed E-state index contributed by atoms with van der Waals surface area (Å²) in [6, 6.07) is 10.7. The minimum absolute atomic E-state index is 0.0190. The molecule has 6 nitrogen and oxygen atoms in total. The molecule has 0 bridgehead atoms. The Morgan fingerprint density at radius 2 is 2.04 bits per heavy atom. The van der Waals surface area contributed by atoms with E-state index >= 15 is 0 Å². The van der Waals surface area contributed by atoms with E-state index in [4.69, 9.17) is 4.74 Å². The smallest absolute Gasteiger partial charge is 0.310 e. The Bertz CT molecular complexity index is 932. The van der Waals surface area contributed by atoms with Gasteiger partial charge in [0.2, 0.25) is 4.96 Å². The predicted molar refractivity (Wildman–Crippen MR) is 95.6 cm³/mol. The molecule has 0 radical (unpaired) electrons. The average Bonchev–Trinajstić information content (AvgIpc) is 2.96. The van der Waals surface area contributed by atoms with Gasteiger partial charge in [-0.1, -0.05) is 55.5 Å². The Labute approximate surface area is 149 Å². The van der Waals surface area contributed by atoms with E-state index in [1.165, 1.54) is 21.9 Å². The molecule has 0 atom stereocenters. The van der Waals surface area contributed by atoms with Crippen LogP contribution in [0, 0.1) is 5.92 Å². The molecule has 0 saturated carbocycles. The van der Waals surface area contributed by atoms with Crippen LogP contribution in [-0.2, 0) is 29.0 Å². The number of carbonyl (C=O) groups excluding carboxylic acids is 1. The van der Waals surface area contributed by atoms with Crippen molar-refractivity contribution in [3.8, 4) is 0 Å².